The zero-order chi connectivity index (χ0) is 19.4. The summed E-state index contributed by atoms with van der Waals surface area (Å²) in [5, 5.41) is 13.1. The standard InChI is InChI=1S/C19H22N4O4/c1-18(2)10-26-12-6-5-7-13(14(12)18)27-16-20-8-11(9-21-16)23-15(24)19(3,4)22-17(23)25/h5-9,15,24H,10H2,1-4H3,(H,22,25). The molecule has 0 spiro atoms. The lowest BCUT2D eigenvalue weighted by Gasteiger charge is -2.25. The summed E-state index contributed by atoms with van der Waals surface area (Å²) in [5.74, 6) is 1.44. The van der Waals surface area contributed by atoms with Crippen LogP contribution in [-0.4, -0.2) is 39.5 Å². The SMILES string of the molecule is CC1(C)COc2cccc(Oc3ncc(N4C(=O)NC(C)(C)C4O)cn3)c21. The molecule has 142 valence electrons. The molecule has 4 rings (SSSR count). The van der Waals surface area contributed by atoms with Gasteiger partial charge < -0.3 is 19.9 Å². The molecule has 8 nitrogen and oxygen atoms in total. The number of aliphatic hydroxyl groups excluding tert-OH is 1. The number of rotatable bonds is 3. The second-order valence-electron chi connectivity index (χ2n) is 8.02. The zero-order valence-electron chi connectivity index (χ0n) is 15.7. The van der Waals surface area contributed by atoms with Crippen molar-refractivity contribution in [1.82, 2.24) is 15.3 Å². The van der Waals surface area contributed by atoms with Crippen LogP contribution < -0.4 is 19.7 Å². The molecule has 0 radical (unpaired) electrons. The van der Waals surface area contributed by atoms with Crippen LogP contribution in [0.4, 0.5) is 10.5 Å². The first kappa shape index (κ1) is 17.5. The Kier molecular flexibility index (Phi) is 3.78. The smallest absolute Gasteiger partial charge is 0.324 e. The number of urea groups is 1. The van der Waals surface area contributed by atoms with E-state index >= 15 is 0 Å². The number of aromatic nitrogens is 2. The third-order valence-electron chi connectivity index (χ3n) is 4.89. The van der Waals surface area contributed by atoms with Crippen molar-refractivity contribution in [1.29, 1.82) is 0 Å². The average molecular weight is 370 g/mol. The maximum Gasteiger partial charge on any atom is 0.324 e. The minimum Gasteiger partial charge on any atom is -0.492 e. The summed E-state index contributed by atoms with van der Waals surface area (Å²) in [6.07, 6.45) is 1.89. The number of nitrogens with zero attached hydrogens (tertiary/aromatic N) is 3. The molecule has 8 heteroatoms. The molecule has 1 fully saturated rings. The number of carbonyl (C=O) groups is 1. The Morgan fingerprint density at radius 2 is 1.96 bits per heavy atom. The molecule has 27 heavy (non-hydrogen) atoms. The van der Waals surface area contributed by atoms with Crippen molar-refractivity contribution < 1.29 is 19.4 Å². The maximum absolute atomic E-state index is 12.1. The number of fused-ring (bicyclic) bond motifs is 1. The molecule has 1 saturated heterocycles. The van der Waals surface area contributed by atoms with Gasteiger partial charge in [-0.2, -0.15) is 0 Å². The topological polar surface area (TPSA) is 96.8 Å². The second kappa shape index (κ2) is 5.82. The van der Waals surface area contributed by atoms with Gasteiger partial charge in [-0.05, 0) is 26.0 Å². The Morgan fingerprint density at radius 3 is 2.59 bits per heavy atom. The van der Waals surface area contributed by atoms with Crippen LogP contribution in [0.25, 0.3) is 0 Å². The van der Waals surface area contributed by atoms with E-state index in [0.717, 1.165) is 11.3 Å². The molecule has 1 aromatic carbocycles. The number of ether oxygens (including phenoxy) is 2. The molecular formula is C19H22N4O4. The van der Waals surface area contributed by atoms with Crippen molar-refractivity contribution in [2.75, 3.05) is 11.5 Å². The number of nitrogens with one attached hydrogen (secondary N) is 1. The summed E-state index contributed by atoms with van der Waals surface area (Å²) >= 11 is 0. The van der Waals surface area contributed by atoms with Gasteiger partial charge in [0.1, 0.15) is 11.5 Å². The van der Waals surface area contributed by atoms with E-state index in [1.165, 1.54) is 17.3 Å². The number of hydrogen-bond donors (Lipinski definition) is 2. The number of amides is 2. The van der Waals surface area contributed by atoms with E-state index in [1.807, 2.05) is 18.2 Å². The predicted octanol–water partition coefficient (Wildman–Crippen LogP) is 2.57. The Labute approximate surface area is 157 Å². The molecule has 0 saturated carbocycles. The molecule has 2 amide bonds. The van der Waals surface area contributed by atoms with Crippen LogP contribution in [0.1, 0.15) is 33.3 Å². The molecule has 3 heterocycles. The number of anilines is 1. The number of aliphatic hydroxyl groups is 1. The van der Waals surface area contributed by atoms with Crippen LogP contribution in [0.2, 0.25) is 0 Å². The van der Waals surface area contributed by atoms with Gasteiger partial charge in [0.2, 0.25) is 0 Å². The quantitative estimate of drug-likeness (QED) is 0.862. The monoisotopic (exact) mass is 370 g/mol. The summed E-state index contributed by atoms with van der Waals surface area (Å²) in [4.78, 5) is 21.8. The highest BCUT2D eigenvalue weighted by Gasteiger charge is 2.45. The number of hydrogen-bond acceptors (Lipinski definition) is 6. The van der Waals surface area contributed by atoms with Gasteiger partial charge in [-0.15, -0.1) is 0 Å². The maximum atomic E-state index is 12.1. The van der Waals surface area contributed by atoms with Crippen molar-refractivity contribution in [3.05, 3.63) is 36.2 Å². The van der Waals surface area contributed by atoms with Gasteiger partial charge in [-0.1, -0.05) is 19.9 Å². The lowest BCUT2D eigenvalue weighted by atomic mass is 9.86. The van der Waals surface area contributed by atoms with Crippen LogP contribution in [-0.2, 0) is 5.41 Å². The first-order chi connectivity index (χ1) is 12.7. The van der Waals surface area contributed by atoms with Crippen LogP contribution in [0.15, 0.2) is 30.6 Å². The molecule has 1 aromatic heterocycles. The van der Waals surface area contributed by atoms with Gasteiger partial charge >= 0.3 is 12.0 Å². The Balaban J connectivity index is 1.59. The fraction of sp³-hybridized carbons (Fsp3) is 0.421. The predicted molar refractivity (Wildman–Crippen MR) is 98.2 cm³/mol. The van der Waals surface area contributed by atoms with Gasteiger partial charge in [0.05, 0.1) is 30.2 Å². The highest BCUT2D eigenvalue weighted by molar-refractivity contribution is 5.95. The van der Waals surface area contributed by atoms with E-state index < -0.39 is 17.8 Å². The minimum atomic E-state index is -1.02. The first-order valence-electron chi connectivity index (χ1n) is 8.75. The van der Waals surface area contributed by atoms with Crippen molar-refractivity contribution in [3.8, 4) is 17.5 Å². The van der Waals surface area contributed by atoms with Gasteiger partial charge in [-0.25, -0.2) is 14.8 Å². The van der Waals surface area contributed by atoms with Gasteiger partial charge in [0, 0.05) is 11.0 Å². The van der Waals surface area contributed by atoms with Crippen molar-refractivity contribution >= 4 is 11.7 Å². The zero-order valence-corrected chi connectivity index (χ0v) is 15.7. The lowest BCUT2D eigenvalue weighted by molar-refractivity contribution is 0.120. The molecule has 2 N–H and O–H groups in total. The second-order valence-corrected chi connectivity index (χ2v) is 8.02. The summed E-state index contributed by atoms with van der Waals surface area (Å²) in [7, 11) is 0. The van der Waals surface area contributed by atoms with Gasteiger partial charge in [0.25, 0.3) is 0 Å². The fourth-order valence-electron chi connectivity index (χ4n) is 3.39. The normalized spacial score (nSPS) is 22.2. The Morgan fingerprint density at radius 1 is 1.26 bits per heavy atom. The van der Waals surface area contributed by atoms with Crippen molar-refractivity contribution in [2.45, 2.75) is 44.9 Å². The summed E-state index contributed by atoms with van der Waals surface area (Å²) in [6, 6.07) is 5.38. The van der Waals surface area contributed by atoms with Crippen LogP contribution in [0.5, 0.6) is 17.5 Å². The number of carbonyl (C=O) groups excluding carboxylic acids is 1. The van der Waals surface area contributed by atoms with E-state index in [4.69, 9.17) is 9.47 Å². The average Bonchev–Trinajstić information content (AvgIpc) is 3.02. The van der Waals surface area contributed by atoms with E-state index in [1.54, 1.807) is 13.8 Å². The first-order valence-corrected chi connectivity index (χ1v) is 8.75. The van der Waals surface area contributed by atoms with Crippen LogP contribution >= 0.6 is 0 Å². The summed E-state index contributed by atoms with van der Waals surface area (Å²) in [5.41, 5.74) is 0.436. The molecule has 2 aromatic rings. The molecule has 2 aliphatic heterocycles. The van der Waals surface area contributed by atoms with Gasteiger partial charge in [-0.3, -0.25) is 4.90 Å². The molecule has 0 bridgehead atoms. The molecule has 1 atom stereocenters. The van der Waals surface area contributed by atoms with Crippen LogP contribution in [0, 0.1) is 0 Å². The Hall–Kier alpha value is -2.87. The Bertz CT molecular complexity index is 895. The van der Waals surface area contributed by atoms with Gasteiger partial charge in [0.15, 0.2) is 6.23 Å². The highest BCUT2D eigenvalue weighted by Crippen LogP contribution is 2.45. The molecule has 1 unspecified atom stereocenters. The fourth-order valence-corrected chi connectivity index (χ4v) is 3.39. The molecule has 0 aliphatic carbocycles. The lowest BCUT2D eigenvalue weighted by Crippen LogP contribution is -2.44. The summed E-state index contributed by atoms with van der Waals surface area (Å²) in [6.45, 7) is 8.25. The van der Waals surface area contributed by atoms with Crippen LogP contribution in [0.3, 0.4) is 0 Å². The van der Waals surface area contributed by atoms with Crippen molar-refractivity contribution in [2.24, 2.45) is 0 Å². The third-order valence-corrected chi connectivity index (χ3v) is 4.89. The van der Waals surface area contributed by atoms with E-state index in [0.29, 0.717) is 18.0 Å². The highest BCUT2D eigenvalue weighted by atomic mass is 16.5. The van der Waals surface area contributed by atoms with Crippen molar-refractivity contribution in [3.63, 3.8) is 0 Å². The summed E-state index contributed by atoms with van der Waals surface area (Å²) < 4.78 is 11.6. The minimum absolute atomic E-state index is 0.156. The third kappa shape index (κ3) is 2.86. The van der Waals surface area contributed by atoms with E-state index in [2.05, 4.69) is 29.1 Å². The van der Waals surface area contributed by atoms with E-state index in [-0.39, 0.29) is 11.4 Å². The number of benzene rings is 1. The van der Waals surface area contributed by atoms with E-state index in [9.17, 15) is 9.90 Å². The molecular weight excluding hydrogens is 348 g/mol. The largest absolute Gasteiger partial charge is 0.492 e. The molecule has 2 aliphatic rings.